The summed E-state index contributed by atoms with van der Waals surface area (Å²) in [5, 5.41) is 0. The molecule has 3 aromatic rings. The summed E-state index contributed by atoms with van der Waals surface area (Å²) in [7, 11) is 0. The van der Waals surface area contributed by atoms with Gasteiger partial charge in [-0.1, -0.05) is 61.9 Å². The van der Waals surface area contributed by atoms with Crippen LogP contribution in [0.5, 0.6) is 0 Å². The SMILES string of the molecule is C#[N+]c1ccccc1C(C)(CC)c1cc(C)cc(-c2ccccc2[N+]2=CC2C)c1. The smallest absolute Gasteiger partial charge is 0.183 e. The van der Waals surface area contributed by atoms with Crippen molar-refractivity contribution < 1.29 is 4.58 Å². The van der Waals surface area contributed by atoms with Crippen molar-refractivity contribution in [1.29, 1.82) is 0 Å². The first-order valence-electron chi connectivity index (χ1n) is 10.3. The summed E-state index contributed by atoms with van der Waals surface area (Å²) in [6.45, 7) is 14.6. The van der Waals surface area contributed by atoms with Gasteiger partial charge >= 0.3 is 5.69 Å². The Hall–Kier alpha value is -3.18. The van der Waals surface area contributed by atoms with Gasteiger partial charge in [-0.15, -0.1) is 0 Å². The van der Waals surface area contributed by atoms with E-state index in [2.05, 4.69) is 97.9 Å². The van der Waals surface area contributed by atoms with Crippen LogP contribution in [0.15, 0.2) is 66.7 Å². The Bertz CT molecular complexity index is 1150. The molecule has 1 aliphatic heterocycles. The van der Waals surface area contributed by atoms with Crippen molar-refractivity contribution in [2.24, 2.45) is 0 Å². The van der Waals surface area contributed by atoms with Gasteiger partial charge in [-0.2, -0.15) is 4.58 Å². The highest BCUT2D eigenvalue weighted by molar-refractivity contribution is 5.79. The Labute approximate surface area is 174 Å². The number of hydrogen-bond donors (Lipinski definition) is 0. The topological polar surface area (TPSA) is 7.37 Å². The number of benzene rings is 3. The molecule has 0 saturated heterocycles. The van der Waals surface area contributed by atoms with Crippen molar-refractivity contribution in [3.63, 3.8) is 0 Å². The third-order valence-electron chi connectivity index (χ3n) is 6.28. The highest BCUT2D eigenvalue weighted by Gasteiger charge is 2.36. The van der Waals surface area contributed by atoms with Gasteiger partial charge in [-0.25, -0.2) is 0 Å². The molecule has 1 heterocycles. The third-order valence-corrected chi connectivity index (χ3v) is 6.28. The summed E-state index contributed by atoms with van der Waals surface area (Å²) >= 11 is 0. The predicted octanol–water partition coefficient (Wildman–Crippen LogP) is 7.09. The van der Waals surface area contributed by atoms with Crippen molar-refractivity contribution >= 4 is 17.6 Å². The molecule has 29 heavy (non-hydrogen) atoms. The van der Waals surface area contributed by atoms with Crippen molar-refractivity contribution in [3.8, 4) is 17.7 Å². The van der Waals surface area contributed by atoms with E-state index in [1.54, 1.807) is 0 Å². The number of aryl methyl sites for hydroxylation is 1. The van der Waals surface area contributed by atoms with Gasteiger partial charge in [0.2, 0.25) is 17.9 Å². The standard InChI is InChI=1S/C27H28N2/c1-6-27(4,24-12-8-9-13-25(24)28-5)22-16-19(2)15-21(17-22)23-11-7-10-14-26(23)29-18-20(29)3/h5,7-18,20H,6H2,1-4H3/q+2. The Kier molecular flexibility index (Phi) is 4.84. The Morgan fingerprint density at radius 3 is 2.41 bits per heavy atom. The molecule has 0 spiro atoms. The molecule has 0 aliphatic carbocycles. The Morgan fingerprint density at radius 1 is 1.03 bits per heavy atom. The van der Waals surface area contributed by atoms with E-state index in [0.717, 1.165) is 12.1 Å². The highest BCUT2D eigenvalue weighted by atomic mass is 15.1. The molecule has 1 aliphatic rings. The maximum absolute atomic E-state index is 5.72. The van der Waals surface area contributed by atoms with Crippen LogP contribution in [-0.2, 0) is 5.41 Å². The fourth-order valence-corrected chi connectivity index (χ4v) is 4.30. The lowest BCUT2D eigenvalue weighted by Crippen LogP contribution is -2.23. The van der Waals surface area contributed by atoms with Gasteiger partial charge in [0.1, 0.15) is 0 Å². The fraction of sp³-hybridized carbons (Fsp3) is 0.259. The lowest BCUT2D eigenvalue weighted by Gasteiger charge is -2.29. The van der Waals surface area contributed by atoms with Gasteiger partial charge in [0.05, 0.1) is 11.1 Å². The molecule has 0 amide bonds. The van der Waals surface area contributed by atoms with Crippen LogP contribution in [0.2, 0.25) is 0 Å². The van der Waals surface area contributed by atoms with Crippen LogP contribution in [0.1, 0.15) is 43.9 Å². The maximum Gasteiger partial charge on any atom is 0.343 e. The Balaban J connectivity index is 1.88. The fourth-order valence-electron chi connectivity index (χ4n) is 4.30. The first-order valence-corrected chi connectivity index (χ1v) is 10.3. The van der Waals surface area contributed by atoms with Crippen LogP contribution in [-0.4, -0.2) is 16.8 Å². The normalized spacial score (nSPS) is 17.2. The van der Waals surface area contributed by atoms with Crippen molar-refractivity contribution in [3.05, 3.63) is 88.3 Å². The summed E-state index contributed by atoms with van der Waals surface area (Å²) in [4.78, 5) is 4.06. The lowest BCUT2D eigenvalue weighted by atomic mass is 9.72. The molecule has 2 nitrogen and oxygen atoms in total. The van der Waals surface area contributed by atoms with E-state index in [0.29, 0.717) is 6.04 Å². The summed E-state index contributed by atoms with van der Waals surface area (Å²) in [5.74, 6) is 0. The van der Waals surface area contributed by atoms with Gasteiger partial charge in [-0.05, 0) is 41.4 Å². The average Bonchev–Trinajstić information content (AvgIpc) is 3.49. The molecular weight excluding hydrogens is 352 g/mol. The molecular formula is C27H28N2+2. The highest BCUT2D eigenvalue weighted by Crippen LogP contribution is 2.43. The molecule has 0 saturated carbocycles. The second-order valence-electron chi connectivity index (χ2n) is 8.23. The van der Waals surface area contributed by atoms with E-state index in [1.807, 2.05) is 12.1 Å². The third kappa shape index (κ3) is 3.38. The molecule has 0 aromatic heterocycles. The van der Waals surface area contributed by atoms with Gasteiger partial charge in [0.25, 0.3) is 6.57 Å². The van der Waals surface area contributed by atoms with Crippen LogP contribution in [0.4, 0.5) is 11.4 Å². The van der Waals surface area contributed by atoms with Crippen molar-refractivity contribution in [2.45, 2.75) is 45.6 Å². The lowest BCUT2D eigenvalue weighted by molar-refractivity contribution is -0.371. The monoisotopic (exact) mass is 380 g/mol. The number of para-hydroxylation sites is 2. The van der Waals surface area contributed by atoms with Gasteiger partial charge < -0.3 is 0 Å². The molecule has 0 fully saturated rings. The van der Waals surface area contributed by atoms with Gasteiger partial charge in [0, 0.05) is 24.5 Å². The molecule has 3 aromatic carbocycles. The van der Waals surface area contributed by atoms with E-state index in [-0.39, 0.29) is 5.41 Å². The first kappa shape index (κ1) is 19.2. The summed E-state index contributed by atoms with van der Waals surface area (Å²) in [6, 6.07) is 24.3. The number of rotatable bonds is 5. The zero-order chi connectivity index (χ0) is 20.6. The zero-order valence-electron chi connectivity index (χ0n) is 17.7. The minimum absolute atomic E-state index is 0.172. The van der Waals surface area contributed by atoms with Gasteiger partial charge in [0.15, 0.2) is 0 Å². The van der Waals surface area contributed by atoms with Crippen LogP contribution in [0.3, 0.4) is 0 Å². The largest absolute Gasteiger partial charge is 0.343 e. The molecule has 144 valence electrons. The van der Waals surface area contributed by atoms with E-state index in [9.17, 15) is 0 Å². The first-order chi connectivity index (χ1) is 14.0. The minimum Gasteiger partial charge on any atom is -0.183 e. The molecule has 4 rings (SSSR count). The maximum atomic E-state index is 5.72. The minimum atomic E-state index is -0.172. The average molecular weight is 381 g/mol. The molecule has 0 radical (unpaired) electrons. The van der Waals surface area contributed by atoms with Crippen LogP contribution >= 0.6 is 0 Å². The van der Waals surface area contributed by atoms with Crippen LogP contribution in [0, 0.1) is 13.5 Å². The summed E-state index contributed by atoms with van der Waals surface area (Å²) < 4.78 is 2.33. The quantitative estimate of drug-likeness (QED) is 0.417. The van der Waals surface area contributed by atoms with E-state index >= 15 is 0 Å². The predicted molar refractivity (Wildman–Crippen MR) is 123 cm³/mol. The number of hydrogen-bond acceptors (Lipinski definition) is 0. The van der Waals surface area contributed by atoms with Crippen LogP contribution in [0.25, 0.3) is 16.0 Å². The second kappa shape index (κ2) is 7.33. The van der Waals surface area contributed by atoms with Gasteiger partial charge in [-0.3, -0.25) is 0 Å². The summed E-state index contributed by atoms with van der Waals surface area (Å²) in [5.41, 5.74) is 8.20. The van der Waals surface area contributed by atoms with Crippen LogP contribution < -0.4 is 0 Å². The molecule has 0 N–H and O–H groups in total. The second-order valence-corrected chi connectivity index (χ2v) is 8.23. The summed E-state index contributed by atoms with van der Waals surface area (Å²) in [6.07, 6.45) is 3.21. The van der Waals surface area contributed by atoms with E-state index in [4.69, 9.17) is 6.57 Å². The zero-order valence-corrected chi connectivity index (χ0v) is 17.7. The Morgan fingerprint density at radius 2 is 1.72 bits per heavy atom. The number of nitrogens with zero attached hydrogens (tertiary/aromatic N) is 2. The van der Waals surface area contributed by atoms with Crippen molar-refractivity contribution in [1.82, 2.24) is 0 Å². The molecule has 2 heteroatoms. The molecule has 2 atom stereocenters. The van der Waals surface area contributed by atoms with E-state index in [1.165, 1.54) is 33.5 Å². The van der Waals surface area contributed by atoms with E-state index < -0.39 is 0 Å². The molecule has 0 bridgehead atoms. The molecule has 2 unspecified atom stereocenters. The van der Waals surface area contributed by atoms with Crippen molar-refractivity contribution in [2.75, 3.05) is 0 Å².